The minimum absolute atomic E-state index is 0.0579. The van der Waals surface area contributed by atoms with E-state index in [1.807, 2.05) is 56.3 Å². The van der Waals surface area contributed by atoms with Crippen LogP contribution in [0.4, 0.5) is 10.1 Å². The van der Waals surface area contributed by atoms with Gasteiger partial charge in [0.15, 0.2) is 0 Å². The van der Waals surface area contributed by atoms with Crippen LogP contribution >= 0.6 is 0 Å². The van der Waals surface area contributed by atoms with Gasteiger partial charge in [-0.25, -0.2) is 4.39 Å². The Kier molecular flexibility index (Phi) is 6.85. The van der Waals surface area contributed by atoms with Gasteiger partial charge in [-0.3, -0.25) is 9.59 Å². The number of carbonyl (C=O) groups excluding carboxylic acids is 1. The third-order valence-electron chi connectivity index (χ3n) is 5.38. The van der Waals surface area contributed by atoms with Gasteiger partial charge in [-0.1, -0.05) is 48.5 Å². The second kappa shape index (κ2) is 9.56. The SMILES string of the molecule is Cc1ccc(C(=O)N(CCCC(=O)O)c2c(C)cccc2-c2ccccc2C)cc1F. The molecule has 3 aromatic rings. The molecule has 0 saturated heterocycles. The van der Waals surface area contributed by atoms with Crippen molar-refractivity contribution < 1.29 is 19.1 Å². The van der Waals surface area contributed by atoms with Crippen molar-refractivity contribution in [2.45, 2.75) is 33.6 Å². The summed E-state index contributed by atoms with van der Waals surface area (Å²) in [5, 5.41) is 9.09. The lowest BCUT2D eigenvalue weighted by molar-refractivity contribution is -0.137. The topological polar surface area (TPSA) is 57.6 Å². The van der Waals surface area contributed by atoms with Crippen LogP contribution in [0.5, 0.6) is 0 Å². The lowest BCUT2D eigenvalue weighted by Gasteiger charge is -2.28. The van der Waals surface area contributed by atoms with Gasteiger partial charge in [0, 0.05) is 24.1 Å². The van der Waals surface area contributed by atoms with Gasteiger partial charge in [-0.05, 0) is 61.6 Å². The van der Waals surface area contributed by atoms with E-state index >= 15 is 0 Å². The van der Waals surface area contributed by atoms with Crippen molar-refractivity contribution >= 4 is 17.6 Å². The Labute approximate surface area is 182 Å². The number of aliphatic carboxylic acids is 1. The Morgan fingerprint density at radius 3 is 2.23 bits per heavy atom. The minimum Gasteiger partial charge on any atom is -0.481 e. The first-order valence-electron chi connectivity index (χ1n) is 10.2. The molecule has 3 aromatic carbocycles. The summed E-state index contributed by atoms with van der Waals surface area (Å²) in [6.45, 7) is 5.79. The molecule has 0 bridgehead atoms. The van der Waals surface area contributed by atoms with Gasteiger partial charge in [0.05, 0.1) is 5.69 Å². The summed E-state index contributed by atoms with van der Waals surface area (Å²) in [6, 6.07) is 18.2. The van der Waals surface area contributed by atoms with E-state index in [-0.39, 0.29) is 30.9 Å². The van der Waals surface area contributed by atoms with Crippen LogP contribution in [0.25, 0.3) is 11.1 Å². The number of carbonyl (C=O) groups is 2. The van der Waals surface area contributed by atoms with E-state index in [0.717, 1.165) is 22.3 Å². The first-order chi connectivity index (χ1) is 14.8. The predicted molar refractivity (Wildman–Crippen MR) is 121 cm³/mol. The summed E-state index contributed by atoms with van der Waals surface area (Å²) in [7, 11) is 0. The number of anilines is 1. The van der Waals surface area contributed by atoms with Crippen molar-refractivity contribution in [2.75, 3.05) is 11.4 Å². The number of aryl methyl sites for hydroxylation is 3. The molecule has 0 aliphatic heterocycles. The fourth-order valence-electron chi connectivity index (χ4n) is 3.69. The molecule has 160 valence electrons. The fourth-order valence-corrected chi connectivity index (χ4v) is 3.69. The molecule has 0 heterocycles. The smallest absolute Gasteiger partial charge is 0.303 e. The molecule has 0 radical (unpaired) electrons. The number of para-hydroxylation sites is 1. The van der Waals surface area contributed by atoms with Crippen molar-refractivity contribution in [2.24, 2.45) is 0 Å². The summed E-state index contributed by atoms with van der Waals surface area (Å²) >= 11 is 0. The number of hydrogen-bond donors (Lipinski definition) is 1. The van der Waals surface area contributed by atoms with E-state index in [1.54, 1.807) is 24.0 Å². The minimum atomic E-state index is -0.919. The fraction of sp³-hybridized carbons (Fsp3) is 0.231. The van der Waals surface area contributed by atoms with Gasteiger partial charge in [0.25, 0.3) is 5.91 Å². The number of carboxylic acids is 1. The van der Waals surface area contributed by atoms with Crippen molar-refractivity contribution in [3.8, 4) is 11.1 Å². The van der Waals surface area contributed by atoms with Crippen LogP contribution in [0.1, 0.15) is 39.9 Å². The quantitative estimate of drug-likeness (QED) is 0.516. The predicted octanol–water partition coefficient (Wildman–Crippen LogP) is 5.93. The van der Waals surface area contributed by atoms with Crippen LogP contribution < -0.4 is 4.90 Å². The van der Waals surface area contributed by atoms with Gasteiger partial charge >= 0.3 is 5.97 Å². The van der Waals surface area contributed by atoms with Crippen molar-refractivity contribution in [3.63, 3.8) is 0 Å². The monoisotopic (exact) mass is 419 g/mol. The number of carboxylic acid groups (broad SMARTS) is 1. The summed E-state index contributed by atoms with van der Waals surface area (Å²) in [6.07, 6.45) is 0.231. The Morgan fingerprint density at radius 2 is 1.55 bits per heavy atom. The molecule has 0 aliphatic rings. The van der Waals surface area contributed by atoms with E-state index in [1.165, 1.54) is 6.07 Å². The zero-order chi connectivity index (χ0) is 22.5. The zero-order valence-corrected chi connectivity index (χ0v) is 18.0. The molecule has 0 fully saturated rings. The Morgan fingerprint density at radius 1 is 0.871 bits per heavy atom. The molecule has 31 heavy (non-hydrogen) atoms. The highest BCUT2D eigenvalue weighted by Gasteiger charge is 2.24. The van der Waals surface area contributed by atoms with Crippen LogP contribution in [0.2, 0.25) is 0 Å². The second-order valence-corrected chi connectivity index (χ2v) is 7.70. The molecule has 0 aromatic heterocycles. The van der Waals surface area contributed by atoms with Crippen LogP contribution in [0, 0.1) is 26.6 Å². The average molecular weight is 419 g/mol. The van der Waals surface area contributed by atoms with Crippen LogP contribution in [-0.4, -0.2) is 23.5 Å². The molecule has 3 rings (SSSR count). The molecule has 1 amide bonds. The summed E-state index contributed by atoms with van der Waals surface area (Å²) in [5.41, 5.74) is 5.24. The molecule has 0 spiro atoms. The molecule has 4 nitrogen and oxygen atoms in total. The van der Waals surface area contributed by atoms with Crippen LogP contribution in [0.3, 0.4) is 0 Å². The molecule has 0 unspecified atom stereocenters. The maximum absolute atomic E-state index is 14.2. The molecular formula is C26H26FNO3. The number of benzene rings is 3. The summed E-state index contributed by atoms with van der Waals surface area (Å²) in [5.74, 6) is -1.72. The van der Waals surface area contributed by atoms with Crippen molar-refractivity contribution in [3.05, 3.63) is 88.7 Å². The lowest BCUT2D eigenvalue weighted by Crippen LogP contribution is -2.33. The van der Waals surface area contributed by atoms with Crippen LogP contribution in [-0.2, 0) is 4.79 Å². The Bertz CT molecular complexity index is 1120. The van der Waals surface area contributed by atoms with Crippen molar-refractivity contribution in [1.29, 1.82) is 0 Å². The number of halogens is 1. The molecule has 0 atom stereocenters. The highest BCUT2D eigenvalue weighted by Crippen LogP contribution is 2.36. The molecule has 1 N–H and O–H groups in total. The summed E-state index contributed by atoms with van der Waals surface area (Å²) < 4.78 is 14.2. The van der Waals surface area contributed by atoms with Gasteiger partial charge in [-0.15, -0.1) is 0 Å². The standard InChI is InChI=1S/C26H26FNO3/c1-17-8-4-5-10-21(17)22-11-6-9-19(3)25(22)28(15-7-12-24(29)30)26(31)20-14-13-18(2)23(27)16-20/h4-6,8-11,13-14,16H,7,12,15H2,1-3H3,(H,29,30). The Balaban J connectivity index is 2.13. The highest BCUT2D eigenvalue weighted by atomic mass is 19.1. The summed E-state index contributed by atoms with van der Waals surface area (Å²) in [4.78, 5) is 26.2. The highest BCUT2D eigenvalue weighted by molar-refractivity contribution is 6.08. The van der Waals surface area contributed by atoms with E-state index in [9.17, 15) is 14.0 Å². The number of amides is 1. The molecule has 0 saturated carbocycles. The third-order valence-corrected chi connectivity index (χ3v) is 5.38. The average Bonchev–Trinajstić information content (AvgIpc) is 2.73. The van der Waals surface area contributed by atoms with Crippen molar-refractivity contribution in [1.82, 2.24) is 0 Å². The Hall–Kier alpha value is -3.47. The first-order valence-corrected chi connectivity index (χ1v) is 10.2. The van der Waals surface area contributed by atoms with Gasteiger partial charge in [0.1, 0.15) is 5.82 Å². The lowest BCUT2D eigenvalue weighted by atomic mass is 9.95. The number of hydrogen-bond acceptors (Lipinski definition) is 2. The van der Waals surface area contributed by atoms with E-state index in [0.29, 0.717) is 11.3 Å². The van der Waals surface area contributed by atoms with E-state index in [2.05, 4.69) is 0 Å². The third kappa shape index (κ3) is 5.00. The molecule has 5 heteroatoms. The largest absolute Gasteiger partial charge is 0.481 e. The maximum atomic E-state index is 14.2. The van der Waals surface area contributed by atoms with Gasteiger partial charge < -0.3 is 10.0 Å². The zero-order valence-electron chi connectivity index (χ0n) is 18.0. The van der Waals surface area contributed by atoms with Crippen LogP contribution in [0.15, 0.2) is 60.7 Å². The van der Waals surface area contributed by atoms with Gasteiger partial charge in [0.2, 0.25) is 0 Å². The van der Waals surface area contributed by atoms with Gasteiger partial charge in [-0.2, -0.15) is 0 Å². The first kappa shape index (κ1) is 22.2. The van der Waals surface area contributed by atoms with E-state index in [4.69, 9.17) is 5.11 Å². The second-order valence-electron chi connectivity index (χ2n) is 7.70. The normalized spacial score (nSPS) is 10.7. The molecular weight excluding hydrogens is 393 g/mol. The molecule has 0 aliphatic carbocycles. The number of rotatable bonds is 7. The number of nitrogens with zero attached hydrogens (tertiary/aromatic N) is 1. The maximum Gasteiger partial charge on any atom is 0.303 e. The van der Waals surface area contributed by atoms with E-state index < -0.39 is 11.8 Å².